The molecule has 0 aromatic heterocycles. The highest BCUT2D eigenvalue weighted by molar-refractivity contribution is 6.30. The van der Waals surface area contributed by atoms with Crippen LogP contribution < -0.4 is 5.32 Å². The molecule has 0 spiro atoms. The molecule has 0 amide bonds. The van der Waals surface area contributed by atoms with Gasteiger partial charge in [-0.25, -0.2) is 0 Å². The molecule has 3 aliphatic carbocycles. The number of hydrogen-bond donors (Lipinski definition) is 1. The fourth-order valence-corrected chi connectivity index (χ4v) is 4.83. The molecule has 0 saturated heterocycles. The van der Waals surface area contributed by atoms with E-state index in [1.54, 1.807) is 0 Å². The first-order valence-corrected chi connectivity index (χ1v) is 9.14. The van der Waals surface area contributed by atoms with Gasteiger partial charge in [-0.3, -0.25) is 0 Å². The molecule has 2 heteroatoms. The van der Waals surface area contributed by atoms with Gasteiger partial charge < -0.3 is 5.32 Å². The highest BCUT2D eigenvalue weighted by atomic mass is 35.5. The molecule has 2 bridgehead atoms. The Morgan fingerprint density at radius 2 is 1.86 bits per heavy atom. The van der Waals surface area contributed by atoms with E-state index in [1.165, 1.54) is 50.5 Å². The lowest BCUT2D eigenvalue weighted by Gasteiger charge is -2.27. The van der Waals surface area contributed by atoms with Gasteiger partial charge in [0.25, 0.3) is 0 Å². The van der Waals surface area contributed by atoms with Crippen LogP contribution in [0.2, 0.25) is 5.02 Å². The fourth-order valence-electron chi connectivity index (χ4n) is 4.70. The zero-order chi connectivity index (χ0) is 14.2. The van der Waals surface area contributed by atoms with Crippen LogP contribution in [0.3, 0.4) is 0 Å². The van der Waals surface area contributed by atoms with E-state index < -0.39 is 0 Å². The third-order valence-electron chi connectivity index (χ3n) is 6.04. The number of rotatable bonds is 6. The first-order chi connectivity index (χ1) is 10.3. The fraction of sp³-hybridized carbons (Fsp3) is 0.684. The van der Waals surface area contributed by atoms with Gasteiger partial charge in [-0.2, -0.15) is 0 Å². The molecule has 4 rings (SSSR count). The Hall–Kier alpha value is -0.530. The second-order valence-electron chi connectivity index (χ2n) is 7.60. The third-order valence-corrected chi connectivity index (χ3v) is 6.30. The van der Waals surface area contributed by atoms with E-state index in [1.807, 2.05) is 0 Å². The molecule has 21 heavy (non-hydrogen) atoms. The van der Waals surface area contributed by atoms with Crippen LogP contribution in [0.4, 0.5) is 0 Å². The molecule has 1 aromatic carbocycles. The Bertz CT molecular complexity index is 479. The Morgan fingerprint density at radius 3 is 2.48 bits per heavy atom. The minimum Gasteiger partial charge on any atom is -0.313 e. The molecule has 4 atom stereocenters. The third kappa shape index (κ3) is 3.29. The molecular weight excluding hydrogens is 278 g/mol. The van der Waals surface area contributed by atoms with Crippen LogP contribution in [0.1, 0.15) is 56.4 Å². The summed E-state index contributed by atoms with van der Waals surface area (Å²) < 4.78 is 0. The number of fused-ring (bicyclic) bond motifs is 2. The summed E-state index contributed by atoms with van der Waals surface area (Å²) in [5, 5.41) is 4.61. The lowest BCUT2D eigenvalue weighted by molar-refractivity contribution is 0.291. The Morgan fingerprint density at radius 1 is 1.05 bits per heavy atom. The van der Waals surface area contributed by atoms with Crippen LogP contribution >= 0.6 is 11.6 Å². The molecule has 114 valence electrons. The topological polar surface area (TPSA) is 12.0 Å². The van der Waals surface area contributed by atoms with Crippen molar-refractivity contribution in [2.45, 2.75) is 56.9 Å². The van der Waals surface area contributed by atoms with Crippen molar-refractivity contribution < 1.29 is 0 Å². The molecule has 3 aliphatic rings. The lowest BCUT2D eigenvalue weighted by atomic mass is 9.80. The summed E-state index contributed by atoms with van der Waals surface area (Å²) in [4.78, 5) is 0. The normalized spacial score (nSPS) is 32.5. The maximum Gasteiger partial charge on any atom is 0.0406 e. The van der Waals surface area contributed by atoms with E-state index in [2.05, 4.69) is 29.6 Å². The Labute approximate surface area is 133 Å². The van der Waals surface area contributed by atoms with Gasteiger partial charge in [0.15, 0.2) is 0 Å². The Kier molecular flexibility index (Phi) is 3.98. The molecule has 3 saturated carbocycles. The predicted octanol–water partition coefficient (Wildman–Crippen LogP) is 5.00. The second-order valence-corrected chi connectivity index (χ2v) is 8.04. The van der Waals surface area contributed by atoms with Crippen molar-refractivity contribution in [1.82, 2.24) is 5.32 Å². The summed E-state index contributed by atoms with van der Waals surface area (Å²) in [5.74, 6) is 3.74. The quantitative estimate of drug-likeness (QED) is 0.779. The molecular formula is C19H26ClN. The molecule has 1 nitrogen and oxygen atoms in total. The van der Waals surface area contributed by atoms with Crippen molar-refractivity contribution in [1.29, 1.82) is 0 Å². The van der Waals surface area contributed by atoms with Crippen LogP contribution in [0.5, 0.6) is 0 Å². The van der Waals surface area contributed by atoms with Gasteiger partial charge in [0, 0.05) is 17.6 Å². The average molecular weight is 304 g/mol. The maximum atomic E-state index is 6.06. The standard InChI is InChI=1S/C19H26ClN/c20-18-5-3-14(4-6-18)17(12-21-19-7-8-19)11-16-10-13-1-2-15(16)9-13/h3-6,13,15-17,19,21H,1-2,7-12H2. The second kappa shape index (κ2) is 5.93. The smallest absolute Gasteiger partial charge is 0.0406 e. The highest BCUT2D eigenvalue weighted by Crippen LogP contribution is 2.51. The molecule has 0 radical (unpaired) electrons. The van der Waals surface area contributed by atoms with Crippen LogP contribution in [-0.4, -0.2) is 12.6 Å². The zero-order valence-corrected chi connectivity index (χ0v) is 13.5. The first-order valence-electron chi connectivity index (χ1n) is 8.77. The number of hydrogen-bond acceptors (Lipinski definition) is 1. The van der Waals surface area contributed by atoms with Gasteiger partial charge in [-0.05, 0) is 79.9 Å². The largest absolute Gasteiger partial charge is 0.313 e. The first kappa shape index (κ1) is 14.1. The van der Waals surface area contributed by atoms with Gasteiger partial charge in [0.2, 0.25) is 0 Å². The van der Waals surface area contributed by atoms with Crippen LogP contribution in [0.15, 0.2) is 24.3 Å². The summed E-state index contributed by atoms with van der Waals surface area (Å²) in [6.45, 7) is 1.15. The van der Waals surface area contributed by atoms with E-state index in [0.717, 1.165) is 35.4 Å². The van der Waals surface area contributed by atoms with E-state index >= 15 is 0 Å². The number of nitrogens with one attached hydrogen (secondary N) is 1. The molecule has 0 heterocycles. The average Bonchev–Trinajstić information content (AvgIpc) is 3.09. The monoisotopic (exact) mass is 303 g/mol. The van der Waals surface area contributed by atoms with Gasteiger partial charge >= 0.3 is 0 Å². The van der Waals surface area contributed by atoms with Crippen molar-refractivity contribution in [2.75, 3.05) is 6.54 Å². The van der Waals surface area contributed by atoms with Crippen molar-refractivity contribution in [3.05, 3.63) is 34.9 Å². The molecule has 4 unspecified atom stereocenters. The minimum atomic E-state index is 0.673. The highest BCUT2D eigenvalue weighted by Gasteiger charge is 2.40. The SMILES string of the molecule is Clc1ccc(C(CNC2CC2)CC2CC3CCC2C3)cc1. The van der Waals surface area contributed by atoms with Crippen LogP contribution in [0.25, 0.3) is 0 Å². The van der Waals surface area contributed by atoms with Crippen molar-refractivity contribution in [3.63, 3.8) is 0 Å². The number of halogens is 1. The maximum absolute atomic E-state index is 6.06. The van der Waals surface area contributed by atoms with Gasteiger partial charge in [-0.15, -0.1) is 0 Å². The van der Waals surface area contributed by atoms with Crippen LogP contribution in [-0.2, 0) is 0 Å². The summed E-state index contributed by atoms with van der Waals surface area (Å²) in [5.41, 5.74) is 1.48. The van der Waals surface area contributed by atoms with Gasteiger partial charge in [0.05, 0.1) is 0 Å². The van der Waals surface area contributed by atoms with Gasteiger partial charge in [-0.1, -0.05) is 30.2 Å². The molecule has 0 aliphatic heterocycles. The molecule has 1 N–H and O–H groups in total. The van der Waals surface area contributed by atoms with Gasteiger partial charge in [0.1, 0.15) is 0 Å². The predicted molar refractivity (Wildman–Crippen MR) is 88.8 cm³/mol. The Balaban J connectivity index is 1.44. The van der Waals surface area contributed by atoms with Crippen molar-refractivity contribution >= 4 is 11.6 Å². The summed E-state index contributed by atoms with van der Waals surface area (Å²) >= 11 is 6.06. The van der Waals surface area contributed by atoms with E-state index in [-0.39, 0.29) is 0 Å². The van der Waals surface area contributed by atoms with E-state index in [9.17, 15) is 0 Å². The van der Waals surface area contributed by atoms with E-state index in [4.69, 9.17) is 11.6 Å². The summed E-state index contributed by atoms with van der Waals surface area (Å²) in [6, 6.07) is 9.41. The summed E-state index contributed by atoms with van der Waals surface area (Å²) in [6.07, 6.45) is 10.2. The van der Waals surface area contributed by atoms with E-state index in [0.29, 0.717) is 5.92 Å². The molecule has 1 aromatic rings. The van der Waals surface area contributed by atoms with Crippen LogP contribution in [0, 0.1) is 17.8 Å². The zero-order valence-electron chi connectivity index (χ0n) is 12.7. The number of benzene rings is 1. The van der Waals surface area contributed by atoms with Crippen molar-refractivity contribution in [3.8, 4) is 0 Å². The summed E-state index contributed by atoms with van der Waals surface area (Å²) in [7, 11) is 0. The lowest BCUT2D eigenvalue weighted by Crippen LogP contribution is -2.26. The van der Waals surface area contributed by atoms with Crippen molar-refractivity contribution in [2.24, 2.45) is 17.8 Å². The minimum absolute atomic E-state index is 0.673. The molecule has 3 fully saturated rings.